The Morgan fingerprint density at radius 2 is 1.92 bits per heavy atom. The van der Waals surface area contributed by atoms with Gasteiger partial charge in [-0.25, -0.2) is 4.98 Å². The number of fused-ring (bicyclic) bond motifs is 1. The quantitative estimate of drug-likeness (QED) is 0.504. The summed E-state index contributed by atoms with van der Waals surface area (Å²) in [6.45, 7) is 5.17. The molecule has 0 aliphatic carbocycles. The van der Waals surface area contributed by atoms with E-state index in [-0.39, 0.29) is 31.4 Å². The summed E-state index contributed by atoms with van der Waals surface area (Å²) in [5.41, 5.74) is 3.44. The first-order valence-corrected chi connectivity index (χ1v) is 8.52. The maximum absolute atomic E-state index is 6.55. The van der Waals surface area contributed by atoms with Crippen molar-refractivity contribution in [3.8, 4) is 5.75 Å². The van der Waals surface area contributed by atoms with E-state index >= 15 is 0 Å². The van der Waals surface area contributed by atoms with Gasteiger partial charge in [0, 0.05) is 36.6 Å². The van der Waals surface area contributed by atoms with Crippen LogP contribution in [0.4, 0.5) is 5.69 Å². The van der Waals surface area contributed by atoms with Crippen molar-refractivity contribution in [3.63, 3.8) is 0 Å². The number of pyridine rings is 1. The molecule has 3 aromatic rings. The summed E-state index contributed by atoms with van der Waals surface area (Å²) < 4.78 is 7.92. The van der Waals surface area contributed by atoms with Crippen LogP contribution in [0.3, 0.4) is 0 Å². The summed E-state index contributed by atoms with van der Waals surface area (Å²) in [6, 6.07) is 7.60. The molecule has 0 saturated heterocycles. The van der Waals surface area contributed by atoms with Crippen LogP contribution in [0, 0.1) is 6.92 Å². The first kappa shape index (κ1) is 22.7. The average molecular weight is 437 g/mol. The molecule has 2 aromatic heterocycles. The first-order valence-electron chi connectivity index (χ1n) is 7.76. The number of halogens is 4. The molecule has 0 saturated carbocycles. The van der Waals surface area contributed by atoms with E-state index in [1.807, 2.05) is 55.0 Å². The molecule has 0 unspecified atom stereocenters. The molecule has 0 radical (unpaired) electrons. The number of benzene rings is 1. The molecule has 0 N–H and O–H groups in total. The molecule has 0 aliphatic heterocycles. The van der Waals surface area contributed by atoms with E-state index in [1.165, 1.54) is 0 Å². The lowest BCUT2D eigenvalue weighted by Gasteiger charge is -2.21. The van der Waals surface area contributed by atoms with Gasteiger partial charge in [-0.3, -0.25) is 0 Å². The highest BCUT2D eigenvalue weighted by Crippen LogP contribution is 2.34. The highest BCUT2D eigenvalue weighted by Gasteiger charge is 2.14. The fraction of sp³-hybridized carbons (Fsp3) is 0.278. The monoisotopic (exact) mass is 435 g/mol. The highest BCUT2D eigenvalue weighted by atomic mass is 35.5. The Morgan fingerprint density at radius 3 is 2.62 bits per heavy atom. The summed E-state index contributed by atoms with van der Waals surface area (Å²) in [7, 11) is 1.99. The standard InChI is InChI=1S/C18H19Cl2N3O.2ClH/c1-4-22(3)15-8-7-14(19)13(17(15)20)11-24-16-6-5-9-23-10-12(2)21-18(16)23;;/h5-10H,4,11H2,1-3H3;2*1H. The number of hydrogen-bond acceptors (Lipinski definition) is 3. The lowest BCUT2D eigenvalue weighted by molar-refractivity contribution is 0.308. The molecule has 142 valence electrons. The van der Waals surface area contributed by atoms with Crippen LogP contribution >= 0.6 is 48.0 Å². The highest BCUT2D eigenvalue weighted by molar-refractivity contribution is 6.37. The summed E-state index contributed by atoms with van der Waals surface area (Å²) >= 11 is 12.9. The minimum Gasteiger partial charge on any atom is -0.485 e. The second kappa shape index (κ2) is 9.56. The molecular formula is C18H21Cl4N3O. The SMILES string of the molecule is CCN(C)c1ccc(Cl)c(COc2cccn3cc(C)nc23)c1Cl.Cl.Cl. The predicted octanol–water partition coefficient (Wildman–Crippen LogP) is 5.83. The minimum absolute atomic E-state index is 0. The van der Waals surface area contributed by atoms with E-state index in [2.05, 4.69) is 16.8 Å². The Hall–Kier alpha value is -1.33. The Kier molecular flexibility index (Phi) is 8.35. The number of aryl methyl sites for hydroxylation is 1. The lowest BCUT2D eigenvalue weighted by Crippen LogP contribution is -2.16. The number of imidazole rings is 1. The number of aromatic nitrogens is 2. The minimum atomic E-state index is 0. The molecule has 8 heteroatoms. The maximum Gasteiger partial charge on any atom is 0.179 e. The molecule has 2 heterocycles. The zero-order valence-electron chi connectivity index (χ0n) is 14.7. The first-order chi connectivity index (χ1) is 11.5. The van der Waals surface area contributed by atoms with Gasteiger partial charge in [-0.1, -0.05) is 23.2 Å². The van der Waals surface area contributed by atoms with Gasteiger partial charge in [0.2, 0.25) is 0 Å². The van der Waals surface area contributed by atoms with Crippen LogP contribution in [0.2, 0.25) is 10.0 Å². The Balaban J connectivity index is 0.00000169. The molecule has 4 nitrogen and oxygen atoms in total. The van der Waals surface area contributed by atoms with Gasteiger partial charge in [0.05, 0.1) is 16.4 Å². The van der Waals surface area contributed by atoms with Crippen LogP contribution in [-0.4, -0.2) is 23.0 Å². The van der Waals surface area contributed by atoms with E-state index in [0.717, 1.165) is 29.1 Å². The average Bonchev–Trinajstić information content (AvgIpc) is 2.95. The summed E-state index contributed by atoms with van der Waals surface area (Å²) in [5.74, 6) is 0.701. The fourth-order valence-corrected chi connectivity index (χ4v) is 3.18. The van der Waals surface area contributed by atoms with Crippen molar-refractivity contribution in [1.29, 1.82) is 0 Å². The van der Waals surface area contributed by atoms with Crippen LogP contribution in [0.1, 0.15) is 18.2 Å². The van der Waals surface area contributed by atoms with Gasteiger partial charge in [-0.15, -0.1) is 24.8 Å². The van der Waals surface area contributed by atoms with Crippen LogP contribution in [0.5, 0.6) is 5.75 Å². The molecule has 0 atom stereocenters. The molecule has 0 amide bonds. The molecule has 0 spiro atoms. The third-order valence-corrected chi connectivity index (χ3v) is 4.77. The van der Waals surface area contributed by atoms with Gasteiger partial charge in [0.1, 0.15) is 6.61 Å². The summed E-state index contributed by atoms with van der Waals surface area (Å²) in [4.78, 5) is 6.56. The number of rotatable bonds is 5. The topological polar surface area (TPSA) is 29.8 Å². The van der Waals surface area contributed by atoms with E-state index in [1.54, 1.807) is 0 Å². The van der Waals surface area contributed by atoms with Crippen molar-refractivity contribution in [1.82, 2.24) is 9.38 Å². The lowest BCUT2D eigenvalue weighted by atomic mass is 10.2. The predicted molar refractivity (Wildman–Crippen MR) is 114 cm³/mol. The second-order valence-electron chi connectivity index (χ2n) is 5.65. The van der Waals surface area contributed by atoms with Crippen molar-refractivity contribution < 1.29 is 4.74 Å². The molecule has 3 rings (SSSR count). The number of ether oxygens (including phenoxy) is 1. The van der Waals surface area contributed by atoms with Gasteiger partial charge in [-0.05, 0) is 38.1 Å². The normalized spacial score (nSPS) is 10.2. The van der Waals surface area contributed by atoms with E-state index in [0.29, 0.717) is 15.8 Å². The van der Waals surface area contributed by atoms with Crippen LogP contribution in [0.25, 0.3) is 5.65 Å². The number of nitrogens with zero attached hydrogens (tertiary/aromatic N) is 3. The van der Waals surface area contributed by atoms with Crippen LogP contribution in [-0.2, 0) is 6.61 Å². The van der Waals surface area contributed by atoms with Crippen molar-refractivity contribution in [2.45, 2.75) is 20.5 Å². The zero-order valence-corrected chi connectivity index (χ0v) is 17.8. The largest absolute Gasteiger partial charge is 0.485 e. The molecule has 0 fully saturated rings. The van der Waals surface area contributed by atoms with Crippen molar-refractivity contribution in [2.75, 3.05) is 18.5 Å². The third kappa shape index (κ3) is 4.49. The van der Waals surface area contributed by atoms with Gasteiger partial charge < -0.3 is 14.0 Å². The Bertz CT molecular complexity index is 882. The maximum atomic E-state index is 6.55. The zero-order chi connectivity index (χ0) is 17.3. The molecular weight excluding hydrogens is 416 g/mol. The molecule has 1 aromatic carbocycles. The van der Waals surface area contributed by atoms with Gasteiger partial charge >= 0.3 is 0 Å². The van der Waals surface area contributed by atoms with Crippen molar-refractivity contribution in [2.24, 2.45) is 0 Å². The van der Waals surface area contributed by atoms with Crippen LogP contribution < -0.4 is 9.64 Å². The van der Waals surface area contributed by atoms with E-state index in [4.69, 9.17) is 27.9 Å². The number of anilines is 1. The van der Waals surface area contributed by atoms with Gasteiger partial charge in [0.25, 0.3) is 0 Å². The summed E-state index contributed by atoms with van der Waals surface area (Å²) in [5, 5.41) is 1.22. The third-order valence-electron chi connectivity index (χ3n) is 3.99. The van der Waals surface area contributed by atoms with Gasteiger partial charge in [-0.2, -0.15) is 0 Å². The Labute approximate surface area is 175 Å². The smallest absolute Gasteiger partial charge is 0.179 e. The second-order valence-corrected chi connectivity index (χ2v) is 6.43. The fourth-order valence-electron chi connectivity index (χ4n) is 2.56. The van der Waals surface area contributed by atoms with Gasteiger partial charge in [0.15, 0.2) is 11.4 Å². The molecule has 0 aliphatic rings. The van der Waals surface area contributed by atoms with E-state index < -0.39 is 0 Å². The summed E-state index contributed by atoms with van der Waals surface area (Å²) in [6.07, 6.45) is 3.90. The molecule has 26 heavy (non-hydrogen) atoms. The Morgan fingerprint density at radius 1 is 1.19 bits per heavy atom. The van der Waals surface area contributed by atoms with Crippen molar-refractivity contribution in [3.05, 3.63) is 58.0 Å². The van der Waals surface area contributed by atoms with Crippen LogP contribution in [0.15, 0.2) is 36.7 Å². The number of hydrogen-bond donors (Lipinski definition) is 0. The van der Waals surface area contributed by atoms with E-state index in [9.17, 15) is 0 Å². The van der Waals surface area contributed by atoms with Crippen molar-refractivity contribution >= 4 is 59.4 Å². The molecule has 0 bridgehead atoms.